The van der Waals surface area contributed by atoms with Crippen LogP contribution in [0.15, 0.2) is 157 Å². The number of hydrazone groups is 1. The van der Waals surface area contributed by atoms with Crippen LogP contribution in [-0.4, -0.2) is 41.9 Å². The van der Waals surface area contributed by atoms with Crippen LogP contribution < -0.4 is 32.0 Å². The van der Waals surface area contributed by atoms with Gasteiger partial charge in [0.05, 0.1) is 17.6 Å². The van der Waals surface area contributed by atoms with Gasteiger partial charge in [-0.25, -0.2) is 15.0 Å². The summed E-state index contributed by atoms with van der Waals surface area (Å²) >= 11 is 0. The van der Waals surface area contributed by atoms with Crippen molar-refractivity contribution in [3.63, 3.8) is 0 Å². The Morgan fingerprint density at radius 1 is 0.673 bits per heavy atom. The molecule has 6 nitrogen and oxygen atoms in total. The van der Waals surface area contributed by atoms with Gasteiger partial charge in [-0.15, -0.1) is 0 Å². The molecule has 0 aromatic heterocycles. The van der Waals surface area contributed by atoms with E-state index >= 15 is 0 Å². The van der Waals surface area contributed by atoms with Crippen LogP contribution in [-0.2, 0) is 9.53 Å². The predicted octanol–water partition coefficient (Wildman–Crippen LogP) is 7.50. The first kappa shape index (κ1) is 35.5. The minimum atomic E-state index is -2.64. The molecule has 250 valence electrons. The van der Waals surface area contributed by atoms with Crippen molar-refractivity contribution < 1.29 is 14.3 Å². The highest BCUT2D eigenvalue weighted by molar-refractivity contribution is 7.92. The Labute approximate surface area is 291 Å². The number of hydrogen-bond acceptors (Lipinski definition) is 4. The van der Waals surface area contributed by atoms with Crippen molar-refractivity contribution in [3.05, 3.63) is 152 Å². The van der Waals surface area contributed by atoms with Crippen molar-refractivity contribution in [2.75, 3.05) is 24.2 Å². The van der Waals surface area contributed by atoms with Gasteiger partial charge in [0.2, 0.25) is 0 Å². The van der Waals surface area contributed by atoms with Crippen molar-refractivity contribution in [2.45, 2.75) is 26.7 Å². The average molecular weight is 688 g/mol. The molecule has 5 aromatic rings. The van der Waals surface area contributed by atoms with E-state index in [1.54, 1.807) is 19.1 Å². The van der Waals surface area contributed by atoms with Gasteiger partial charge in [-0.05, 0) is 87.2 Å². The van der Waals surface area contributed by atoms with E-state index in [2.05, 4.69) is 101 Å². The van der Waals surface area contributed by atoms with E-state index in [0.29, 0.717) is 16.7 Å². The second kappa shape index (κ2) is 18.1. The molecule has 0 saturated heterocycles. The van der Waals surface area contributed by atoms with Crippen LogP contribution in [0.25, 0.3) is 0 Å². The van der Waals surface area contributed by atoms with Crippen molar-refractivity contribution in [3.8, 4) is 0 Å². The number of carbonyl (C=O) groups excluding carboxylic acids is 2. The number of nitrogens with one attached hydrogen (secondary N) is 2. The van der Waals surface area contributed by atoms with E-state index in [4.69, 9.17) is 4.74 Å². The zero-order valence-electron chi connectivity index (χ0n) is 28.0. The highest BCUT2D eigenvalue weighted by Gasteiger charge is 2.34. The Kier molecular flexibility index (Phi) is 13.1. The highest BCUT2D eigenvalue weighted by Crippen LogP contribution is 2.49. The van der Waals surface area contributed by atoms with E-state index in [1.807, 2.05) is 61.5 Å². The number of para-hydroxylation sites is 1. The SMILES string of the molecule is CCOC(=O)C(/C(C)=N\NC(=O)Nc1ccccc1)=P(CCCCP(c1ccccc1)c1ccccc1)(c1ccccc1)c1ccccc1. The van der Waals surface area contributed by atoms with Crippen molar-refractivity contribution in [1.82, 2.24) is 5.43 Å². The van der Waals surface area contributed by atoms with Crippen LogP contribution in [0.2, 0.25) is 0 Å². The molecule has 5 aromatic carbocycles. The molecule has 49 heavy (non-hydrogen) atoms. The second-order valence-corrected chi connectivity index (χ2v) is 17.3. The summed E-state index contributed by atoms with van der Waals surface area (Å²) in [4.78, 5) is 27.1. The summed E-state index contributed by atoms with van der Waals surface area (Å²) in [6.45, 7) is 1.19. The fraction of sp³-hybridized carbons (Fsp3) is 0.171. The van der Waals surface area contributed by atoms with Gasteiger partial charge in [0.15, 0.2) is 0 Å². The molecular formula is C41H43N3O3P2. The molecule has 0 unspecified atom stereocenters. The maximum Gasteiger partial charge on any atom is 0.340 e. The molecule has 0 bridgehead atoms. The van der Waals surface area contributed by atoms with Gasteiger partial charge in [0.25, 0.3) is 0 Å². The summed E-state index contributed by atoms with van der Waals surface area (Å²) in [5, 5.41) is 12.7. The lowest BCUT2D eigenvalue weighted by molar-refractivity contribution is -0.134. The quantitative estimate of drug-likeness (QED) is 0.0417. The third kappa shape index (κ3) is 9.23. The van der Waals surface area contributed by atoms with Gasteiger partial charge in [-0.3, -0.25) is 0 Å². The first-order valence-corrected chi connectivity index (χ1v) is 20.1. The van der Waals surface area contributed by atoms with Crippen LogP contribution in [0.1, 0.15) is 26.7 Å². The lowest BCUT2D eigenvalue weighted by atomic mass is 10.3. The van der Waals surface area contributed by atoms with Gasteiger partial charge in [0, 0.05) is 5.69 Å². The standard InChI is InChI=1S/C41H43N3O3P2/c1-3-47-40(45)39(33(2)43-44-41(46)42-34-21-9-4-10-22-34)49(37-27-15-7-16-28-37,38-29-17-8-18-30-38)32-20-19-31-48(35-23-11-5-12-24-35)36-25-13-6-14-26-36/h4-18,21-30H,3,19-20,31-32H2,1-2H3,(H2,42,44,46)/b43-33-. The molecule has 0 aliphatic rings. The van der Waals surface area contributed by atoms with E-state index in [9.17, 15) is 9.59 Å². The molecule has 0 saturated carbocycles. The molecule has 0 spiro atoms. The monoisotopic (exact) mass is 687 g/mol. The minimum absolute atomic E-state index is 0.222. The average Bonchev–Trinajstić information content (AvgIpc) is 3.15. The Hall–Kier alpha value is -4.76. The van der Waals surface area contributed by atoms with Crippen molar-refractivity contribution in [1.29, 1.82) is 0 Å². The summed E-state index contributed by atoms with van der Waals surface area (Å²) in [5.41, 5.74) is 3.70. The molecule has 0 aliphatic carbocycles. The molecule has 0 atom stereocenters. The largest absolute Gasteiger partial charge is 0.462 e. The minimum Gasteiger partial charge on any atom is -0.462 e. The normalized spacial score (nSPS) is 11.5. The summed E-state index contributed by atoms with van der Waals surface area (Å²) in [6, 6.07) is 50.8. The number of unbranched alkanes of at least 4 members (excludes halogenated alkanes) is 1. The number of rotatable bonds is 14. The van der Waals surface area contributed by atoms with Crippen LogP contribution in [0.4, 0.5) is 10.5 Å². The van der Waals surface area contributed by atoms with E-state index in [0.717, 1.165) is 35.8 Å². The summed E-state index contributed by atoms with van der Waals surface area (Å²) in [5.74, 6) is -0.411. The molecule has 2 N–H and O–H groups in total. The fourth-order valence-corrected chi connectivity index (χ4v) is 13.0. The molecular weight excluding hydrogens is 644 g/mol. The molecule has 0 radical (unpaired) electrons. The Bertz CT molecular complexity index is 1790. The smallest absolute Gasteiger partial charge is 0.340 e. The van der Waals surface area contributed by atoms with Crippen LogP contribution >= 0.6 is 14.8 Å². The first-order chi connectivity index (χ1) is 24.0. The zero-order valence-corrected chi connectivity index (χ0v) is 29.8. The second-order valence-electron chi connectivity index (χ2n) is 11.4. The van der Waals surface area contributed by atoms with Crippen LogP contribution in [0, 0.1) is 0 Å². The summed E-state index contributed by atoms with van der Waals surface area (Å²) in [7, 11) is -0.551. The number of anilines is 1. The first-order valence-electron chi connectivity index (χ1n) is 16.6. The topological polar surface area (TPSA) is 79.8 Å². The van der Waals surface area contributed by atoms with Crippen molar-refractivity contribution in [2.24, 2.45) is 5.10 Å². The molecule has 0 heterocycles. The summed E-state index contributed by atoms with van der Waals surface area (Å²) < 4.78 is 5.78. The molecule has 0 aliphatic heterocycles. The van der Waals surface area contributed by atoms with Gasteiger partial charge in [-0.2, -0.15) is 5.10 Å². The molecule has 5 rings (SSSR count). The van der Waals surface area contributed by atoms with E-state index in [1.165, 1.54) is 10.6 Å². The maximum atomic E-state index is 14.2. The summed E-state index contributed by atoms with van der Waals surface area (Å²) in [6.07, 6.45) is 3.62. The molecule has 0 fully saturated rings. The Morgan fingerprint density at radius 2 is 1.14 bits per heavy atom. The fourth-order valence-electron chi connectivity index (χ4n) is 6.03. The number of esters is 1. The number of benzene rings is 5. The third-order valence-corrected chi connectivity index (χ3v) is 15.4. The molecule has 2 amide bonds. The lowest BCUT2D eigenvalue weighted by Gasteiger charge is -2.32. The van der Waals surface area contributed by atoms with Gasteiger partial charge < -0.3 is 10.1 Å². The maximum absolute atomic E-state index is 14.2. The number of nitrogens with zero attached hydrogens (tertiary/aromatic N) is 1. The Morgan fingerprint density at radius 3 is 1.63 bits per heavy atom. The number of urea groups is 1. The van der Waals surface area contributed by atoms with Gasteiger partial charge in [-0.1, -0.05) is 140 Å². The van der Waals surface area contributed by atoms with E-state index in [-0.39, 0.29) is 6.61 Å². The number of carbonyl (C=O) groups is 2. The predicted molar refractivity (Wildman–Crippen MR) is 210 cm³/mol. The van der Waals surface area contributed by atoms with Crippen LogP contribution in [0.3, 0.4) is 0 Å². The third-order valence-electron chi connectivity index (χ3n) is 8.20. The Balaban J connectivity index is 1.57. The number of hydrogen-bond donors (Lipinski definition) is 2. The van der Waals surface area contributed by atoms with Gasteiger partial charge >= 0.3 is 12.0 Å². The number of amides is 2. The van der Waals surface area contributed by atoms with Crippen molar-refractivity contribution >= 4 is 64.7 Å². The van der Waals surface area contributed by atoms with Crippen LogP contribution in [0.5, 0.6) is 0 Å². The molecule has 8 heteroatoms. The zero-order chi connectivity index (χ0) is 34.3. The lowest BCUT2D eigenvalue weighted by Crippen LogP contribution is -2.36. The van der Waals surface area contributed by atoms with Gasteiger partial charge in [0.1, 0.15) is 0 Å². The highest BCUT2D eigenvalue weighted by atomic mass is 31.2. The van der Waals surface area contributed by atoms with E-state index < -0.39 is 26.8 Å². The number of ether oxygens (including phenoxy) is 1.